The number of sulfone groups is 1. The third-order valence-corrected chi connectivity index (χ3v) is 5.25. The Labute approximate surface area is 127 Å². The van der Waals surface area contributed by atoms with Crippen LogP contribution in [0, 0.1) is 0 Å². The van der Waals surface area contributed by atoms with E-state index in [4.69, 9.17) is 15.2 Å². The molecule has 0 aliphatic rings. The molecule has 0 spiro atoms. The van der Waals surface area contributed by atoms with Gasteiger partial charge in [0.1, 0.15) is 18.1 Å². The van der Waals surface area contributed by atoms with E-state index in [9.17, 15) is 8.42 Å². The Balaban J connectivity index is 2.72. The average molecular weight is 315 g/mol. The monoisotopic (exact) mass is 315 g/mol. The normalized spacial score (nSPS) is 11.7. The summed E-state index contributed by atoms with van der Waals surface area (Å²) in [6.45, 7) is 6.44. The first kappa shape index (κ1) is 17.8. The van der Waals surface area contributed by atoms with E-state index in [2.05, 4.69) is 0 Å². The molecule has 1 aromatic carbocycles. The molecule has 120 valence electrons. The molecule has 0 atom stereocenters. The molecule has 0 aliphatic carbocycles. The molecular formula is C15H25NO4S. The van der Waals surface area contributed by atoms with Crippen LogP contribution in [0.2, 0.25) is 0 Å². The van der Waals surface area contributed by atoms with Crippen LogP contribution in [-0.2, 0) is 16.4 Å². The minimum absolute atomic E-state index is 0.00524. The Morgan fingerprint density at radius 1 is 1.19 bits per heavy atom. The molecule has 0 aromatic heterocycles. The zero-order valence-corrected chi connectivity index (χ0v) is 13.8. The molecule has 0 amide bonds. The van der Waals surface area contributed by atoms with Crippen LogP contribution in [0.15, 0.2) is 18.2 Å². The summed E-state index contributed by atoms with van der Waals surface area (Å²) in [4.78, 5) is 0. The number of hydrogen-bond donors (Lipinski definition) is 1. The van der Waals surface area contributed by atoms with Crippen LogP contribution in [-0.4, -0.2) is 32.6 Å². The van der Waals surface area contributed by atoms with Gasteiger partial charge in [0.2, 0.25) is 0 Å². The SMILES string of the molecule is CCCOc1ccc(CN)c(OCCS(=O)(=O)C(C)C)c1. The molecule has 21 heavy (non-hydrogen) atoms. The fourth-order valence-electron chi connectivity index (χ4n) is 1.65. The van der Waals surface area contributed by atoms with Gasteiger partial charge < -0.3 is 15.2 Å². The summed E-state index contributed by atoms with van der Waals surface area (Å²) in [5.74, 6) is 1.29. The lowest BCUT2D eigenvalue weighted by atomic mass is 10.2. The topological polar surface area (TPSA) is 78.6 Å². The van der Waals surface area contributed by atoms with Crippen LogP contribution < -0.4 is 15.2 Å². The Bertz CT molecular complexity index is 541. The van der Waals surface area contributed by atoms with E-state index in [1.807, 2.05) is 19.1 Å². The molecule has 0 aliphatic heterocycles. The van der Waals surface area contributed by atoms with Crippen LogP contribution in [0.25, 0.3) is 0 Å². The van der Waals surface area contributed by atoms with Gasteiger partial charge in [0, 0.05) is 18.2 Å². The lowest BCUT2D eigenvalue weighted by molar-refractivity contribution is 0.308. The number of benzene rings is 1. The van der Waals surface area contributed by atoms with Crippen molar-refractivity contribution < 1.29 is 17.9 Å². The summed E-state index contributed by atoms with van der Waals surface area (Å²) < 4.78 is 34.6. The Hall–Kier alpha value is -1.27. The maximum atomic E-state index is 11.8. The van der Waals surface area contributed by atoms with E-state index in [0.717, 1.165) is 12.0 Å². The van der Waals surface area contributed by atoms with Gasteiger partial charge in [-0.25, -0.2) is 8.42 Å². The van der Waals surface area contributed by atoms with E-state index >= 15 is 0 Å². The first-order valence-corrected chi connectivity index (χ1v) is 8.92. The summed E-state index contributed by atoms with van der Waals surface area (Å²) in [6, 6.07) is 5.45. The third kappa shape index (κ3) is 5.55. The molecule has 0 bridgehead atoms. The van der Waals surface area contributed by atoms with E-state index in [1.54, 1.807) is 19.9 Å². The van der Waals surface area contributed by atoms with Gasteiger partial charge in [0.15, 0.2) is 9.84 Å². The van der Waals surface area contributed by atoms with Crippen molar-refractivity contribution in [1.82, 2.24) is 0 Å². The lowest BCUT2D eigenvalue weighted by Crippen LogP contribution is -2.22. The second-order valence-corrected chi connectivity index (χ2v) is 7.76. The molecule has 0 saturated carbocycles. The second-order valence-electron chi connectivity index (χ2n) is 5.09. The summed E-state index contributed by atoms with van der Waals surface area (Å²) >= 11 is 0. The van der Waals surface area contributed by atoms with Gasteiger partial charge in [-0.3, -0.25) is 0 Å². The van der Waals surface area contributed by atoms with Gasteiger partial charge in [-0.05, 0) is 26.3 Å². The molecule has 0 fully saturated rings. The highest BCUT2D eigenvalue weighted by Gasteiger charge is 2.16. The van der Waals surface area contributed by atoms with E-state index in [-0.39, 0.29) is 12.4 Å². The van der Waals surface area contributed by atoms with Crippen LogP contribution in [0.1, 0.15) is 32.8 Å². The smallest absolute Gasteiger partial charge is 0.155 e. The molecule has 0 radical (unpaired) electrons. The molecule has 0 saturated heterocycles. The molecule has 1 rings (SSSR count). The molecule has 2 N–H and O–H groups in total. The largest absolute Gasteiger partial charge is 0.493 e. The maximum absolute atomic E-state index is 11.8. The van der Waals surface area contributed by atoms with Crippen molar-refractivity contribution >= 4 is 9.84 Å². The summed E-state index contributed by atoms with van der Waals surface area (Å²) in [5.41, 5.74) is 6.50. The van der Waals surface area contributed by atoms with Gasteiger partial charge in [0.25, 0.3) is 0 Å². The molecule has 0 heterocycles. The van der Waals surface area contributed by atoms with E-state index in [1.165, 1.54) is 0 Å². The molecule has 5 nitrogen and oxygen atoms in total. The highest BCUT2D eigenvalue weighted by molar-refractivity contribution is 7.91. The average Bonchev–Trinajstić information content (AvgIpc) is 2.45. The first-order valence-electron chi connectivity index (χ1n) is 7.20. The van der Waals surface area contributed by atoms with Gasteiger partial charge in [-0.1, -0.05) is 13.0 Å². The van der Waals surface area contributed by atoms with E-state index < -0.39 is 15.1 Å². The van der Waals surface area contributed by atoms with Crippen molar-refractivity contribution in [1.29, 1.82) is 0 Å². The van der Waals surface area contributed by atoms with Crippen LogP contribution in [0.4, 0.5) is 0 Å². The van der Waals surface area contributed by atoms with Crippen molar-refractivity contribution in [3.63, 3.8) is 0 Å². The minimum atomic E-state index is -3.10. The Morgan fingerprint density at radius 2 is 1.90 bits per heavy atom. The van der Waals surface area contributed by atoms with Crippen LogP contribution >= 0.6 is 0 Å². The number of ether oxygens (including phenoxy) is 2. The summed E-state index contributed by atoms with van der Waals surface area (Å²) in [5, 5.41) is -0.394. The summed E-state index contributed by atoms with van der Waals surface area (Å²) in [7, 11) is -3.10. The van der Waals surface area contributed by atoms with Gasteiger partial charge in [0.05, 0.1) is 17.6 Å². The molecule has 6 heteroatoms. The number of hydrogen-bond acceptors (Lipinski definition) is 5. The number of rotatable bonds is 9. The minimum Gasteiger partial charge on any atom is -0.493 e. The van der Waals surface area contributed by atoms with Crippen molar-refractivity contribution in [2.75, 3.05) is 19.0 Å². The van der Waals surface area contributed by atoms with Crippen molar-refractivity contribution in [3.8, 4) is 11.5 Å². The van der Waals surface area contributed by atoms with E-state index in [0.29, 0.717) is 24.7 Å². The fourth-order valence-corrected chi connectivity index (χ4v) is 2.44. The second kappa shape index (κ2) is 8.24. The molecular weight excluding hydrogens is 290 g/mol. The summed E-state index contributed by atoms with van der Waals surface area (Å²) in [6.07, 6.45) is 0.918. The van der Waals surface area contributed by atoms with Gasteiger partial charge >= 0.3 is 0 Å². The Kier molecular flexibility index (Phi) is 6.98. The first-order chi connectivity index (χ1) is 9.90. The third-order valence-electron chi connectivity index (χ3n) is 3.08. The molecule has 0 unspecified atom stereocenters. The zero-order chi connectivity index (χ0) is 15.9. The standard InChI is InChI=1S/C15H25NO4S/c1-4-7-19-14-6-5-13(11-16)15(10-14)20-8-9-21(17,18)12(2)3/h5-6,10,12H,4,7-9,11,16H2,1-3H3. The van der Waals surface area contributed by atoms with Crippen molar-refractivity contribution in [3.05, 3.63) is 23.8 Å². The quantitative estimate of drug-likeness (QED) is 0.755. The van der Waals surface area contributed by atoms with Crippen LogP contribution in [0.5, 0.6) is 11.5 Å². The fraction of sp³-hybridized carbons (Fsp3) is 0.600. The van der Waals surface area contributed by atoms with Crippen molar-refractivity contribution in [2.45, 2.75) is 39.0 Å². The van der Waals surface area contributed by atoms with Gasteiger partial charge in [-0.15, -0.1) is 0 Å². The highest BCUT2D eigenvalue weighted by atomic mass is 32.2. The Morgan fingerprint density at radius 3 is 2.48 bits per heavy atom. The van der Waals surface area contributed by atoms with Crippen molar-refractivity contribution in [2.24, 2.45) is 5.73 Å². The lowest BCUT2D eigenvalue weighted by Gasteiger charge is -2.14. The van der Waals surface area contributed by atoms with Crippen LogP contribution in [0.3, 0.4) is 0 Å². The zero-order valence-electron chi connectivity index (χ0n) is 13.0. The molecule has 1 aromatic rings. The highest BCUT2D eigenvalue weighted by Crippen LogP contribution is 2.25. The maximum Gasteiger partial charge on any atom is 0.155 e. The number of nitrogens with two attached hydrogens (primary N) is 1. The predicted molar refractivity (Wildman–Crippen MR) is 84.5 cm³/mol. The predicted octanol–water partition coefficient (Wildman–Crippen LogP) is 2.14. The van der Waals surface area contributed by atoms with Gasteiger partial charge in [-0.2, -0.15) is 0 Å².